The van der Waals surface area contributed by atoms with Gasteiger partial charge in [0.1, 0.15) is 0 Å². The number of nitrogens with one attached hydrogen (secondary N) is 1. The van der Waals surface area contributed by atoms with Crippen molar-refractivity contribution in [2.45, 2.75) is 13.8 Å². The van der Waals surface area contributed by atoms with Gasteiger partial charge in [-0.25, -0.2) is 4.79 Å². The Morgan fingerprint density at radius 3 is 2.70 bits per heavy atom. The van der Waals surface area contributed by atoms with Gasteiger partial charge in [0.2, 0.25) is 0 Å². The molecule has 1 aromatic heterocycles. The molecule has 0 saturated carbocycles. The van der Waals surface area contributed by atoms with Gasteiger partial charge in [-0.05, 0) is 65.7 Å². The quantitative estimate of drug-likeness (QED) is 0.399. The fourth-order valence-corrected chi connectivity index (χ4v) is 3.14. The van der Waals surface area contributed by atoms with E-state index in [1.165, 1.54) is 24.5 Å². The summed E-state index contributed by atoms with van der Waals surface area (Å²) >= 11 is 3.31. The predicted molar refractivity (Wildman–Crippen MR) is 113 cm³/mol. The minimum absolute atomic E-state index is 0.158. The third kappa shape index (κ3) is 4.70. The average Bonchev–Trinajstić information content (AvgIpc) is 3.27. The molecule has 0 unspecified atom stereocenters. The summed E-state index contributed by atoms with van der Waals surface area (Å²) < 4.78 is 16.5. The van der Waals surface area contributed by atoms with Crippen LogP contribution in [-0.2, 0) is 0 Å². The summed E-state index contributed by atoms with van der Waals surface area (Å²) in [5, 5.41) is 11.8. The maximum Gasteiger partial charge on any atom is 0.343 e. The first kappa shape index (κ1) is 21.1. The molecule has 8 heteroatoms. The molecule has 0 aliphatic carbocycles. The number of rotatable bonds is 6. The number of carbonyl (C=O) groups excluding carboxylic acids is 2. The number of nitrogens with zero attached hydrogens (tertiary/aromatic N) is 1. The van der Waals surface area contributed by atoms with Crippen LogP contribution < -0.4 is 14.8 Å². The first-order chi connectivity index (χ1) is 14.4. The van der Waals surface area contributed by atoms with Crippen molar-refractivity contribution in [1.29, 1.82) is 5.26 Å². The minimum Gasteiger partial charge on any atom is -0.490 e. The Labute approximate surface area is 181 Å². The van der Waals surface area contributed by atoms with E-state index in [0.29, 0.717) is 22.3 Å². The topological polar surface area (TPSA) is 102 Å². The van der Waals surface area contributed by atoms with Crippen molar-refractivity contribution in [2.75, 3.05) is 11.9 Å². The van der Waals surface area contributed by atoms with Crippen LogP contribution in [0.1, 0.15) is 39.0 Å². The number of amides is 1. The van der Waals surface area contributed by atoms with Gasteiger partial charge in [0.15, 0.2) is 17.3 Å². The number of anilines is 1. The maximum atomic E-state index is 12.8. The van der Waals surface area contributed by atoms with E-state index in [9.17, 15) is 9.59 Å². The maximum absolute atomic E-state index is 12.8. The van der Waals surface area contributed by atoms with Crippen LogP contribution in [-0.4, -0.2) is 18.5 Å². The number of ether oxygens (including phenoxy) is 2. The van der Waals surface area contributed by atoms with Crippen LogP contribution in [0.3, 0.4) is 0 Å². The molecular formula is C22H17BrN2O5. The number of hydrogen-bond donors (Lipinski definition) is 1. The van der Waals surface area contributed by atoms with Gasteiger partial charge in [-0.2, -0.15) is 5.26 Å². The normalized spacial score (nSPS) is 10.2. The highest BCUT2D eigenvalue weighted by Crippen LogP contribution is 2.37. The highest BCUT2D eigenvalue weighted by molar-refractivity contribution is 9.10. The number of aryl methyl sites for hydroxylation is 1. The van der Waals surface area contributed by atoms with Crippen molar-refractivity contribution in [3.8, 4) is 17.6 Å². The predicted octanol–water partition coefficient (Wildman–Crippen LogP) is 5.09. The summed E-state index contributed by atoms with van der Waals surface area (Å²) in [5.41, 5.74) is 1.81. The SMILES string of the molecule is CCOc1cc(C#N)cc(Br)c1OC(=O)c1ccc(C)c(NC(=O)c2ccco2)c1. The smallest absolute Gasteiger partial charge is 0.343 e. The molecule has 3 aromatic rings. The summed E-state index contributed by atoms with van der Waals surface area (Å²) in [5.74, 6) is -0.472. The summed E-state index contributed by atoms with van der Waals surface area (Å²) in [4.78, 5) is 25.0. The van der Waals surface area contributed by atoms with E-state index >= 15 is 0 Å². The van der Waals surface area contributed by atoms with Crippen molar-refractivity contribution < 1.29 is 23.5 Å². The van der Waals surface area contributed by atoms with Gasteiger partial charge in [-0.3, -0.25) is 4.79 Å². The molecule has 30 heavy (non-hydrogen) atoms. The van der Waals surface area contributed by atoms with Crippen molar-refractivity contribution in [3.05, 3.63) is 75.7 Å². The van der Waals surface area contributed by atoms with Crippen molar-refractivity contribution >= 4 is 33.5 Å². The molecule has 0 aliphatic heterocycles. The van der Waals surface area contributed by atoms with Crippen LogP contribution in [0.5, 0.6) is 11.5 Å². The van der Waals surface area contributed by atoms with Gasteiger partial charge in [0, 0.05) is 11.8 Å². The van der Waals surface area contributed by atoms with Gasteiger partial charge >= 0.3 is 5.97 Å². The molecule has 0 spiro atoms. The second-order valence-corrected chi connectivity index (χ2v) is 7.04. The average molecular weight is 469 g/mol. The lowest BCUT2D eigenvalue weighted by Gasteiger charge is -2.14. The van der Waals surface area contributed by atoms with Crippen molar-refractivity contribution in [2.24, 2.45) is 0 Å². The highest BCUT2D eigenvalue weighted by Gasteiger charge is 2.19. The lowest BCUT2D eigenvalue weighted by molar-refractivity contribution is 0.0726. The molecule has 0 atom stereocenters. The van der Waals surface area contributed by atoms with E-state index in [2.05, 4.69) is 21.2 Å². The lowest BCUT2D eigenvalue weighted by Crippen LogP contribution is -2.14. The van der Waals surface area contributed by atoms with E-state index < -0.39 is 11.9 Å². The fourth-order valence-electron chi connectivity index (χ4n) is 2.62. The second kappa shape index (κ2) is 9.29. The molecule has 3 rings (SSSR count). The summed E-state index contributed by atoms with van der Waals surface area (Å²) in [6.45, 7) is 3.92. The molecule has 7 nitrogen and oxygen atoms in total. The Bertz CT molecular complexity index is 1130. The summed E-state index contributed by atoms with van der Waals surface area (Å²) in [7, 11) is 0. The molecule has 1 heterocycles. The zero-order valence-corrected chi connectivity index (χ0v) is 17.8. The third-order valence-electron chi connectivity index (χ3n) is 4.10. The Hall–Kier alpha value is -3.57. The first-order valence-corrected chi connectivity index (χ1v) is 9.76. The Morgan fingerprint density at radius 1 is 1.23 bits per heavy atom. The number of carbonyl (C=O) groups is 2. The Balaban J connectivity index is 1.86. The Morgan fingerprint density at radius 2 is 2.03 bits per heavy atom. The van der Waals surface area contributed by atoms with Crippen LogP contribution >= 0.6 is 15.9 Å². The molecule has 0 aliphatic rings. The van der Waals surface area contributed by atoms with E-state index in [1.807, 2.05) is 6.07 Å². The first-order valence-electron chi connectivity index (χ1n) is 8.97. The third-order valence-corrected chi connectivity index (χ3v) is 4.69. The van der Waals surface area contributed by atoms with Gasteiger partial charge in [0.25, 0.3) is 5.91 Å². The molecule has 2 aromatic carbocycles. The zero-order valence-electron chi connectivity index (χ0n) is 16.2. The van der Waals surface area contributed by atoms with Crippen LogP contribution in [0.15, 0.2) is 57.6 Å². The zero-order chi connectivity index (χ0) is 21.7. The second-order valence-electron chi connectivity index (χ2n) is 6.18. The van der Waals surface area contributed by atoms with E-state index in [4.69, 9.17) is 19.2 Å². The molecule has 152 valence electrons. The van der Waals surface area contributed by atoms with E-state index in [1.54, 1.807) is 38.1 Å². The standard InChI is InChI=1S/C22H17BrN2O5/c1-3-28-19-10-14(12-24)9-16(23)20(19)30-22(27)15-7-6-13(2)17(11-15)25-21(26)18-5-4-8-29-18/h4-11H,3H2,1-2H3,(H,25,26). The van der Waals surface area contributed by atoms with Gasteiger partial charge in [-0.1, -0.05) is 6.07 Å². The van der Waals surface area contributed by atoms with E-state index in [-0.39, 0.29) is 22.8 Å². The number of esters is 1. The molecule has 0 fully saturated rings. The number of furan rings is 1. The summed E-state index contributed by atoms with van der Waals surface area (Å²) in [6.07, 6.45) is 1.40. The number of benzene rings is 2. The van der Waals surface area contributed by atoms with Crippen molar-refractivity contribution in [3.63, 3.8) is 0 Å². The number of halogens is 1. The summed E-state index contributed by atoms with van der Waals surface area (Å²) in [6, 6.07) is 13.0. The van der Waals surface area contributed by atoms with Crippen LogP contribution in [0.4, 0.5) is 5.69 Å². The molecular weight excluding hydrogens is 452 g/mol. The highest BCUT2D eigenvalue weighted by atomic mass is 79.9. The molecule has 1 amide bonds. The van der Waals surface area contributed by atoms with Gasteiger partial charge in [0.05, 0.1) is 34.5 Å². The van der Waals surface area contributed by atoms with Crippen LogP contribution in [0.2, 0.25) is 0 Å². The largest absolute Gasteiger partial charge is 0.490 e. The Kier molecular flexibility index (Phi) is 6.54. The van der Waals surface area contributed by atoms with Crippen molar-refractivity contribution in [1.82, 2.24) is 0 Å². The van der Waals surface area contributed by atoms with Crippen LogP contribution in [0, 0.1) is 18.3 Å². The monoisotopic (exact) mass is 468 g/mol. The fraction of sp³-hybridized carbons (Fsp3) is 0.136. The van der Waals surface area contributed by atoms with Gasteiger partial charge in [-0.15, -0.1) is 0 Å². The van der Waals surface area contributed by atoms with E-state index in [0.717, 1.165) is 5.56 Å². The van der Waals surface area contributed by atoms with Gasteiger partial charge < -0.3 is 19.2 Å². The minimum atomic E-state index is -0.644. The number of nitriles is 1. The molecule has 1 N–H and O–H groups in total. The lowest BCUT2D eigenvalue weighted by atomic mass is 10.1. The molecule has 0 saturated heterocycles. The van der Waals surface area contributed by atoms with Crippen LogP contribution in [0.25, 0.3) is 0 Å². The number of hydrogen-bond acceptors (Lipinski definition) is 6. The molecule has 0 radical (unpaired) electrons. The molecule has 0 bridgehead atoms.